The summed E-state index contributed by atoms with van der Waals surface area (Å²) in [5, 5.41) is 22.7. The highest BCUT2D eigenvalue weighted by Gasteiger charge is 2.15. The van der Waals surface area contributed by atoms with Crippen LogP contribution in [0.4, 0.5) is 5.69 Å². The molecule has 10 nitrogen and oxygen atoms in total. The molecule has 2 heterocycles. The second kappa shape index (κ2) is 6.89. The van der Waals surface area contributed by atoms with Crippen LogP contribution in [0.5, 0.6) is 5.75 Å². The number of esters is 1. The maximum absolute atomic E-state index is 12.3. The van der Waals surface area contributed by atoms with E-state index in [1.165, 1.54) is 35.1 Å². The molecule has 10 heteroatoms. The summed E-state index contributed by atoms with van der Waals surface area (Å²) >= 11 is 0. The molecule has 0 aliphatic heterocycles. The fraction of sp³-hybridized carbons (Fsp3) is 0.0625. The van der Waals surface area contributed by atoms with Gasteiger partial charge in [-0.1, -0.05) is 0 Å². The van der Waals surface area contributed by atoms with Gasteiger partial charge in [0.05, 0.1) is 17.7 Å². The summed E-state index contributed by atoms with van der Waals surface area (Å²) in [5.41, 5.74) is 6.73. The van der Waals surface area contributed by atoms with Gasteiger partial charge in [0.25, 0.3) is 0 Å². The summed E-state index contributed by atoms with van der Waals surface area (Å²) in [6.45, 7) is 0. The average molecular weight is 354 g/mol. The summed E-state index contributed by atoms with van der Waals surface area (Å²) in [6.07, 6.45) is 1.01. The van der Waals surface area contributed by atoms with Crippen molar-refractivity contribution in [3.05, 3.63) is 54.0 Å². The number of anilines is 1. The van der Waals surface area contributed by atoms with Gasteiger partial charge in [0.15, 0.2) is 17.4 Å². The average Bonchev–Trinajstić information content (AvgIpc) is 3.07. The number of nitrogens with two attached hydrogens (primary N) is 1. The maximum Gasteiger partial charge on any atom is 0.343 e. The number of rotatable bonds is 5. The van der Waals surface area contributed by atoms with Crippen LogP contribution in [-0.4, -0.2) is 37.6 Å². The van der Waals surface area contributed by atoms with Crippen LogP contribution < -0.4 is 15.8 Å². The van der Waals surface area contributed by atoms with E-state index in [4.69, 9.17) is 21.0 Å². The summed E-state index contributed by atoms with van der Waals surface area (Å²) in [7, 11) is 0. The Kier molecular flexibility index (Phi) is 4.48. The van der Waals surface area contributed by atoms with E-state index in [2.05, 4.69) is 15.4 Å². The highest BCUT2D eigenvalue weighted by atomic mass is 16.5. The van der Waals surface area contributed by atoms with Crippen molar-refractivity contribution in [3.8, 4) is 5.75 Å². The molecule has 0 fully saturated rings. The lowest BCUT2D eigenvalue weighted by atomic mass is 10.2. The third-order valence-corrected chi connectivity index (χ3v) is 3.40. The number of ether oxygens (including phenoxy) is 1. The molecule has 0 saturated carbocycles. The van der Waals surface area contributed by atoms with Crippen molar-refractivity contribution in [3.63, 3.8) is 0 Å². The predicted molar refractivity (Wildman–Crippen MR) is 91.3 cm³/mol. The highest BCUT2D eigenvalue weighted by molar-refractivity contribution is 5.94. The first-order valence-corrected chi connectivity index (χ1v) is 7.41. The third kappa shape index (κ3) is 3.59. The largest absolute Gasteiger partial charge is 0.481 e. The number of carboxylic acids is 1. The fourth-order valence-electron chi connectivity index (χ4n) is 2.31. The number of carbonyl (C=O) groups excluding carboxylic acids is 1. The molecule has 0 radical (unpaired) electrons. The predicted octanol–water partition coefficient (Wildman–Crippen LogP) is 0.881. The van der Waals surface area contributed by atoms with Crippen molar-refractivity contribution in [2.45, 2.75) is 6.42 Å². The van der Waals surface area contributed by atoms with Crippen LogP contribution in [0, 0.1) is 5.41 Å². The minimum absolute atomic E-state index is 0.160. The number of hydrogen-bond donors (Lipinski definition) is 4. The Morgan fingerprint density at radius 3 is 2.62 bits per heavy atom. The van der Waals surface area contributed by atoms with Crippen LogP contribution in [0.1, 0.15) is 16.1 Å². The smallest absolute Gasteiger partial charge is 0.343 e. The molecule has 0 bridgehead atoms. The van der Waals surface area contributed by atoms with Gasteiger partial charge in [-0.25, -0.2) is 14.3 Å². The van der Waals surface area contributed by atoms with E-state index in [0.29, 0.717) is 11.4 Å². The van der Waals surface area contributed by atoms with E-state index >= 15 is 0 Å². The SMILES string of the molecule is N=C(N)Nc1ccc(C(=O)Oc2ccc(CC(=O)O)n3ncnc23)cc1. The number of benzene rings is 1. The normalized spacial score (nSPS) is 10.5. The van der Waals surface area contributed by atoms with Gasteiger partial charge in [-0.15, -0.1) is 0 Å². The number of fused-ring (bicyclic) bond motifs is 1. The van der Waals surface area contributed by atoms with Gasteiger partial charge < -0.3 is 20.9 Å². The number of nitrogens with one attached hydrogen (secondary N) is 2. The first-order valence-electron chi connectivity index (χ1n) is 7.41. The zero-order valence-electron chi connectivity index (χ0n) is 13.3. The molecule has 0 saturated heterocycles. The van der Waals surface area contributed by atoms with E-state index < -0.39 is 11.9 Å². The van der Waals surface area contributed by atoms with Gasteiger partial charge in [-0.05, 0) is 36.4 Å². The van der Waals surface area contributed by atoms with Crippen LogP contribution in [0.3, 0.4) is 0 Å². The topological polar surface area (TPSA) is 156 Å². The van der Waals surface area contributed by atoms with E-state index in [9.17, 15) is 9.59 Å². The molecule has 0 amide bonds. The van der Waals surface area contributed by atoms with Gasteiger partial charge in [0.1, 0.15) is 6.33 Å². The minimum atomic E-state index is -1.01. The van der Waals surface area contributed by atoms with Gasteiger partial charge in [-0.2, -0.15) is 5.10 Å². The van der Waals surface area contributed by atoms with Crippen molar-refractivity contribution in [1.82, 2.24) is 14.6 Å². The molecular formula is C16H14N6O4. The molecule has 2 aromatic heterocycles. The highest BCUT2D eigenvalue weighted by Crippen LogP contribution is 2.21. The monoisotopic (exact) mass is 354 g/mol. The van der Waals surface area contributed by atoms with Crippen molar-refractivity contribution in [1.29, 1.82) is 5.41 Å². The second-order valence-corrected chi connectivity index (χ2v) is 5.26. The molecule has 26 heavy (non-hydrogen) atoms. The van der Waals surface area contributed by atoms with Crippen LogP contribution >= 0.6 is 0 Å². The maximum atomic E-state index is 12.3. The van der Waals surface area contributed by atoms with Crippen molar-refractivity contribution in [2.24, 2.45) is 5.73 Å². The number of aliphatic carboxylic acids is 1. The summed E-state index contributed by atoms with van der Waals surface area (Å²) < 4.78 is 6.67. The molecule has 3 rings (SSSR count). The number of guanidine groups is 1. The molecule has 5 N–H and O–H groups in total. The molecule has 0 spiro atoms. The van der Waals surface area contributed by atoms with Crippen molar-refractivity contribution in [2.75, 3.05) is 5.32 Å². The lowest BCUT2D eigenvalue weighted by Crippen LogP contribution is -2.20. The molecule has 0 aliphatic rings. The van der Waals surface area contributed by atoms with Gasteiger partial charge in [0.2, 0.25) is 0 Å². The van der Waals surface area contributed by atoms with Crippen LogP contribution in [0.25, 0.3) is 5.65 Å². The van der Waals surface area contributed by atoms with Gasteiger partial charge >= 0.3 is 11.9 Å². The first-order chi connectivity index (χ1) is 12.4. The zero-order chi connectivity index (χ0) is 18.7. The summed E-state index contributed by atoms with van der Waals surface area (Å²) in [4.78, 5) is 27.2. The number of carboxylic acid groups (broad SMARTS) is 1. The lowest BCUT2D eigenvalue weighted by molar-refractivity contribution is -0.136. The lowest BCUT2D eigenvalue weighted by Gasteiger charge is -2.08. The summed E-state index contributed by atoms with van der Waals surface area (Å²) in [6, 6.07) is 9.20. The molecule has 1 aromatic carbocycles. The standard InChI is InChI=1S/C16H14N6O4/c17-16(18)21-10-3-1-9(2-4-10)15(25)26-12-6-5-11(7-13(23)24)22-14(12)19-8-20-22/h1-6,8H,7H2,(H,23,24)(H4,17,18,21). The van der Waals surface area contributed by atoms with Crippen molar-refractivity contribution >= 4 is 29.2 Å². The first kappa shape index (κ1) is 16.9. The third-order valence-electron chi connectivity index (χ3n) is 3.40. The Bertz CT molecular complexity index is 996. The molecule has 0 atom stereocenters. The second-order valence-electron chi connectivity index (χ2n) is 5.26. The van der Waals surface area contributed by atoms with Gasteiger partial charge in [-0.3, -0.25) is 10.2 Å². The number of aromatic nitrogens is 3. The van der Waals surface area contributed by atoms with Crippen LogP contribution in [-0.2, 0) is 11.2 Å². The Labute approximate surface area is 146 Å². The van der Waals surface area contributed by atoms with Gasteiger partial charge in [0, 0.05) is 5.69 Å². The Morgan fingerprint density at radius 1 is 1.23 bits per heavy atom. The number of carbonyl (C=O) groups is 2. The quantitative estimate of drug-likeness (QED) is 0.299. The number of hydrogen-bond acceptors (Lipinski definition) is 6. The van der Waals surface area contributed by atoms with Crippen molar-refractivity contribution < 1.29 is 19.4 Å². The van der Waals surface area contributed by atoms with E-state index in [1.54, 1.807) is 12.1 Å². The van der Waals surface area contributed by atoms with Crippen LogP contribution in [0.15, 0.2) is 42.7 Å². The number of nitrogens with zero attached hydrogens (tertiary/aromatic N) is 3. The fourth-order valence-corrected chi connectivity index (χ4v) is 2.31. The molecular weight excluding hydrogens is 340 g/mol. The summed E-state index contributed by atoms with van der Waals surface area (Å²) in [5.74, 6) is -1.68. The molecule has 132 valence electrons. The van der Waals surface area contributed by atoms with E-state index in [0.717, 1.165) is 0 Å². The Morgan fingerprint density at radius 2 is 1.96 bits per heavy atom. The number of pyridine rings is 1. The zero-order valence-corrected chi connectivity index (χ0v) is 13.3. The van der Waals surface area contributed by atoms with E-state index in [1.807, 2.05) is 0 Å². The Balaban J connectivity index is 1.82. The minimum Gasteiger partial charge on any atom is -0.481 e. The van der Waals surface area contributed by atoms with Crippen LogP contribution in [0.2, 0.25) is 0 Å². The molecule has 0 unspecified atom stereocenters. The molecule has 0 aliphatic carbocycles. The Hall–Kier alpha value is -3.95. The van der Waals surface area contributed by atoms with E-state index in [-0.39, 0.29) is 29.3 Å². The molecule has 3 aromatic rings.